The van der Waals surface area contributed by atoms with Crippen molar-refractivity contribution in [2.24, 2.45) is 5.92 Å². The van der Waals surface area contributed by atoms with Gasteiger partial charge in [-0.25, -0.2) is 9.97 Å². The quantitative estimate of drug-likeness (QED) is 0.922. The van der Waals surface area contributed by atoms with Crippen LogP contribution in [0.2, 0.25) is 0 Å². The molecule has 1 N–H and O–H groups in total. The van der Waals surface area contributed by atoms with Gasteiger partial charge >= 0.3 is 0 Å². The van der Waals surface area contributed by atoms with Gasteiger partial charge in [0.25, 0.3) is 0 Å². The molecule has 1 saturated heterocycles. The summed E-state index contributed by atoms with van der Waals surface area (Å²) in [5.74, 6) is 2.21. The largest absolute Gasteiger partial charge is 0.381 e. The van der Waals surface area contributed by atoms with Crippen LogP contribution >= 0.6 is 0 Å². The topological polar surface area (TPSA) is 47.0 Å². The second kappa shape index (κ2) is 5.65. The molecule has 2 heterocycles. The van der Waals surface area contributed by atoms with Crippen LogP contribution in [0.25, 0.3) is 0 Å². The van der Waals surface area contributed by atoms with Gasteiger partial charge in [0.05, 0.1) is 6.61 Å². The zero-order chi connectivity index (χ0) is 14.2. The molecule has 4 nitrogen and oxygen atoms in total. The highest BCUT2D eigenvalue weighted by Crippen LogP contribution is 2.30. The van der Waals surface area contributed by atoms with E-state index in [0.29, 0.717) is 5.92 Å². The first-order valence-electron chi connectivity index (χ1n) is 8.47. The first-order valence-corrected chi connectivity index (χ1v) is 8.47. The minimum atomic E-state index is 0.420. The van der Waals surface area contributed by atoms with Crippen molar-refractivity contribution in [1.29, 1.82) is 0 Å². The summed E-state index contributed by atoms with van der Waals surface area (Å²) in [6, 6.07) is 0.813. The van der Waals surface area contributed by atoms with Gasteiger partial charge in [-0.05, 0) is 63.5 Å². The molecule has 0 amide bonds. The Morgan fingerprint density at radius 2 is 2.10 bits per heavy atom. The van der Waals surface area contributed by atoms with Crippen LogP contribution < -0.4 is 5.32 Å². The average molecular weight is 287 g/mol. The fourth-order valence-electron chi connectivity index (χ4n) is 3.60. The third-order valence-corrected chi connectivity index (χ3v) is 5.17. The number of aryl methyl sites for hydroxylation is 2. The molecule has 1 aromatic heterocycles. The zero-order valence-corrected chi connectivity index (χ0v) is 12.9. The third-order valence-electron chi connectivity index (χ3n) is 5.17. The minimum Gasteiger partial charge on any atom is -0.381 e. The average Bonchev–Trinajstić information content (AvgIpc) is 3.16. The third kappa shape index (κ3) is 2.97. The van der Waals surface area contributed by atoms with Crippen LogP contribution in [-0.4, -0.2) is 35.8 Å². The lowest BCUT2D eigenvalue weighted by atomic mass is 9.85. The summed E-state index contributed by atoms with van der Waals surface area (Å²) in [7, 11) is 0. The molecule has 114 valence electrons. The van der Waals surface area contributed by atoms with E-state index >= 15 is 0 Å². The van der Waals surface area contributed by atoms with E-state index in [4.69, 9.17) is 14.7 Å². The molecule has 1 aliphatic heterocycles. The highest BCUT2D eigenvalue weighted by Gasteiger charge is 2.28. The summed E-state index contributed by atoms with van der Waals surface area (Å²) in [5, 5.41) is 3.68. The lowest BCUT2D eigenvalue weighted by Gasteiger charge is -2.26. The van der Waals surface area contributed by atoms with Gasteiger partial charge in [-0.15, -0.1) is 0 Å². The molecular weight excluding hydrogens is 262 g/mol. The van der Waals surface area contributed by atoms with Crippen molar-refractivity contribution in [2.45, 2.75) is 57.4 Å². The summed E-state index contributed by atoms with van der Waals surface area (Å²) in [5.41, 5.74) is 3.94. The Labute approximate surface area is 126 Å². The van der Waals surface area contributed by atoms with E-state index in [9.17, 15) is 0 Å². The molecule has 0 radical (unpaired) electrons. The Bertz CT molecular complexity index is 521. The maximum Gasteiger partial charge on any atom is 0.134 e. The standard InChI is InChI=1S/C17H25N3O/c1-11-15-8-12(9-18-14-3-4-14)2-5-16(15)20-17(19-11)13-6-7-21-10-13/h12-14,18H,2-10H2,1H3. The summed E-state index contributed by atoms with van der Waals surface area (Å²) >= 11 is 0. The van der Waals surface area contributed by atoms with Crippen LogP contribution in [0.4, 0.5) is 0 Å². The van der Waals surface area contributed by atoms with Crippen LogP contribution in [-0.2, 0) is 17.6 Å². The Hall–Kier alpha value is -1.00. The molecule has 1 saturated carbocycles. The predicted octanol–water partition coefficient (Wildman–Crippen LogP) is 2.15. The molecule has 2 fully saturated rings. The molecule has 0 spiro atoms. The van der Waals surface area contributed by atoms with E-state index in [1.54, 1.807) is 0 Å². The number of fused-ring (bicyclic) bond motifs is 1. The highest BCUT2D eigenvalue weighted by atomic mass is 16.5. The van der Waals surface area contributed by atoms with Crippen molar-refractivity contribution in [3.63, 3.8) is 0 Å². The minimum absolute atomic E-state index is 0.420. The van der Waals surface area contributed by atoms with E-state index in [1.807, 2.05) is 0 Å². The van der Waals surface area contributed by atoms with Gasteiger partial charge < -0.3 is 10.1 Å². The number of hydrogen-bond donors (Lipinski definition) is 1. The van der Waals surface area contributed by atoms with Crippen molar-refractivity contribution in [3.05, 3.63) is 22.8 Å². The number of ether oxygens (including phenoxy) is 1. The summed E-state index contributed by atoms with van der Waals surface area (Å²) in [4.78, 5) is 9.69. The van der Waals surface area contributed by atoms with Crippen LogP contribution in [0.1, 0.15) is 54.4 Å². The zero-order valence-electron chi connectivity index (χ0n) is 12.9. The van der Waals surface area contributed by atoms with Gasteiger partial charge in [-0.2, -0.15) is 0 Å². The molecule has 2 atom stereocenters. The highest BCUT2D eigenvalue weighted by molar-refractivity contribution is 5.29. The Kier molecular flexibility index (Phi) is 3.67. The second-order valence-corrected chi connectivity index (χ2v) is 6.94. The lowest BCUT2D eigenvalue weighted by Crippen LogP contribution is -2.30. The fourth-order valence-corrected chi connectivity index (χ4v) is 3.60. The normalized spacial score (nSPS) is 28.6. The number of aromatic nitrogens is 2. The Morgan fingerprint density at radius 3 is 2.86 bits per heavy atom. The smallest absolute Gasteiger partial charge is 0.134 e. The first-order chi connectivity index (χ1) is 10.3. The molecule has 0 bridgehead atoms. The van der Waals surface area contributed by atoms with Crippen LogP contribution in [0.3, 0.4) is 0 Å². The molecule has 0 aromatic carbocycles. The number of hydrogen-bond acceptors (Lipinski definition) is 4. The van der Waals surface area contributed by atoms with Gasteiger partial charge in [0.15, 0.2) is 0 Å². The maximum atomic E-state index is 5.48. The van der Waals surface area contributed by atoms with Gasteiger partial charge in [0.1, 0.15) is 5.82 Å². The predicted molar refractivity (Wildman–Crippen MR) is 81.5 cm³/mol. The van der Waals surface area contributed by atoms with Crippen LogP contribution in [0.15, 0.2) is 0 Å². The summed E-state index contributed by atoms with van der Waals surface area (Å²) in [6.45, 7) is 4.99. The molecular formula is C17H25N3O. The Morgan fingerprint density at radius 1 is 1.19 bits per heavy atom. The van der Waals surface area contributed by atoms with E-state index in [-0.39, 0.29) is 0 Å². The second-order valence-electron chi connectivity index (χ2n) is 6.94. The maximum absolute atomic E-state index is 5.48. The van der Waals surface area contributed by atoms with Crippen LogP contribution in [0, 0.1) is 12.8 Å². The van der Waals surface area contributed by atoms with E-state index < -0.39 is 0 Å². The Balaban J connectivity index is 1.49. The van der Waals surface area contributed by atoms with Crippen LogP contribution in [0.5, 0.6) is 0 Å². The van der Waals surface area contributed by atoms with Gasteiger partial charge in [0.2, 0.25) is 0 Å². The van der Waals surface area contributed by atoms with E-state index in [2.05, 4.69) is 12.2 Å². The molecule has 4 heteroatoms. The van der Waals surface area contributed by atoms with Gasteiger partial charge in [0, 0.05) is 30.0 Å². The summed E-state index contributed by atoms with van der Waals surface area (Å²) < 4.78 is 5.48. The van der Waals surface area contributed by atoms with Crippen molar-refractivity contribution in [2.75, 3.05) is 19.8 Å². The van der Waals surface area contributed by atoms with Gasteiger partial charge in [-0.1, -0.05) is 0 Å². The monoisotopic (exact) mass is 287 g/mol. The van der Waals surface area contributed by atoms with Gasteiger partial charge in [-0.3, -0.25) is 0 Å². The fraction of sp³-hybridized carbons (Fsp3) is 0.765. The van der Waals surface area contributed by atoms with E-state index in [1.165, 1.54) is 42.8 Å². The van der Waals surface area contributed by atoms with Crippen molar-refractivity contribution >= 4 is 0 Å². The molecule has 2 unspecified atom stereocenters. The number of nitrogens with one attached hydrogen (secondary N) is 1. The summed E-state index contributed by atoms with van der Waals surface area (Å²) in [6.07, 6.45) is 7.37. The van der Waals surface area contributed by atoms with Crippen molar-refractivity contribution in [1.82, 2.24) is 15.3 Å². The van der Waals surface area contributed by atoms with E-state index in [0.717, 1.165) is 50.3 Å². The molecule has 2 aliphatic carbocycles. The SMILES string of the molecule is Cc1nc(C2CCOC2)nc2c1CC(CNC1CC1)CC2. The number of nitrogens with zero attached hydrogens (tertiary/aromatic N) is 2. The van der Waals surface area contributed by atoms with Crippen molar-refractivity contribution in [3.8, 4) is 0 Å². The van der Waals surface area contributed by atoms with Crippen molar-refractivity contribution < 1.29 is 4.74 Å². The molecule has 3 aliphatic rings. The molecule has 1 aromatic rings. The lowest BCUT2D eigenvalue weighted by molar-refractivity contribution is 0.193. The molecule has 21 heavy (non-hydrogen) atoms. The number of rotatable bonds is 4. The molecule has 4 rings (SSSR count). The first kappa shape index (κ1) is 13.6.